The van der Waals surface area contributed by atoms with Crippen LogP contribution in [-0.2, 0) is 11.3 Å². The van der Waals surface area contributed by atoms with E-state index in [9.17, 15) is 9.18 Å². The molecule has 4 nitrogen and oxygen atoms in total. The highest BCUT2D eigenvalue weighted by Gasteiger charge is 2.28. The van der Waals surface area contributed by atoms with E-state index in [0.717, 1.165) is 5.56 Å². The van der Waals surface area contributed by atoms with Gasteiger partial charge in [0.1, 0.15) is 0 Å². The smallest absolute Gasteiger partial charge is 0.222 e. The third kappa shape index (κ3) is 2.35. The maximum Gasteiger partial charge on any atom is 0.222 e. The number of rotatable bonds is 3. The fourth-order valence-electron chi connectivity index (χ4n) is 2.19. The first-order valence-electron chi connectivity index (χ1n) is 5.75. The van der Waals surface area contributed by atoms with Crippen LogP contribution in [0.5, 0.6) is 0 Å². The molecule has 0 spiro atoms. The Hall–Kier alpha value is -1.14. The monoisotopic (exact) mass is 315 g/mol. The quantitative estimate of drug-likeness (QED) is 0.884. The molecule has 1 aliphatic rings. The Kier molecular flexibility index (Phi) is 3.87. The second-order valence-corrected chi connectivity index (χ2v) is 5.20. The van der Waals surface area contributed by atoms with Crippen molar-refractivity contribution in [2.45, 2.75) is 13.0 Å². The zero-order valence-electron chi connectivity index (χ0n) is 9.83. The largest absolute Gasteiger partial charge is 0.369 e. The molecule has 1 heterocycles. The highest BCUT2D eigenvalue weighted by Crippen LogP contribution is 2.32. The average molecular weight is 316 g/mol. The van der Waals surface area contributed by atoms with Gasteiger partial charge in [0.25, 0.3) is 0 Å². The molecule has 4 N–H and O–H groups in total. The van der Waals surface area contributed by atoms with Gasteiger partial charge in [-0.3, -0.25) is 4.79 Å². The molecule has 1 amide bonds. The van der Waals surface area contributed by atoms with Crippen molar-refractivity contribution in [2.75, 3.05) is 18.0 Å². The summed E-state index contributed by atoms with van der Waals surface area (Å²) in [5, 5.41) is 0. The van der Waals surface area contributed by atoms with Crippen LogP contribution in [0.1, 0.15) is 12.0 Å². The summed E-state index contributed by atoms with van der Waals surface area (Å²) in [6, 6.07) is 3.49. The van der Waals surface area contributed by atoms with Gasteiger partial charge in [0.2, 0.25) is 5.91 Å². The molecule has 0 bridgehead atoms. The normalized spacial score (nSPS) is 19.3. The van der Waals surface area contributed by atoms with Crippen molar-refractivity contribution in [3.8, 4) is 0 Å². The minimum Gasteiger partial charge on any atom is -0.369 e. The topological polar surface area (TPSA) is 72.3 Å². The standard InChI is InChI=1S/C12H15BrFN3O/c13-10-7(5-15)1-2-9(11(10)14)17-4-3-8(6-17)12(16)18/h1-2,8H,3-6,15H2,(H2,16,18). The summed E-state index contributed by atoms with van der Waals surface area (Å²) in [7, 11) is 0. The number of amides is 1. The van der Waals surface area contributed by atoms with E-state index in [1.165, 1.54) is 0 Å². The first kappa shape index (κ1) is 13.3. The van der Waals surface area contributed by atoms with E-state index in [2.05, 4.69) is 15.9 Å². The van der Waals surface area contributed by atoms with Crippen molar-refractivity contribution in [3.05, 3.63) is 28.0 Å². The Labute approximate surface area is 113 Å². The molecule has 1 aromatic carbocycles. The van der Waals surface area contributed by atoms with Crippen molar-refractivity contribution < 1.29 is 9.18 Å². The van der Waals surface area contributed by atoms with Gasteiger partial charge in [0.05, 0.1) is 16.1 Å². The Morgan fingerprint density at radius 1 is 1.56 bits per heavy atom. The molecule has 18 heavy (non-hydrogen) atoms. The van der Waals surface area contributed by atoms with E-state index in [4.69, 9.17) is 11.5 Å². The van der Waals surface area contributed by atoms with Gasteiger partial charge in [-0.25, -0.2) is 4.39 Å². The van der Waals surface area contributed by atoms with Crippen LogP contribution >= 0.6 is 15.9 Å². The summed E-state index contributed by atoms with van der Waals surface area (Å²) in [6.07, 6.45) is 0.672. The molecule has 0 aromatic heterocycles. The number of halogens is 2. The highest BCUT2D eigenvalue weighted by atomic mass is 79.9. The Balaban J connectivity index is 2.25. The van der Waals surface area contributed by atoms with Crippen molar-refractivity contribution >= 4 is 27.5 Å². The van der Waals surface area contributed by atoms with Gasteiger partial charge in [-0.05, 0) is 34.0 Å². The first-order valence-corrected chi connectivity index (χ1v) is 6.55. The molecule has 1 saturated heterocycles. The lowest BCUT2D eigenvalue weighted by molar-refractivity contribution is -0.121. The molecule has 0 saturated carbocycles. The van der Waals surface area contributed by atoms with Crippen LogP contribution < -0.4 is 16.4 Å². The number of anilines is 1. The zero-order valence-corrected chi connectivity index (χ0v) is 11.4. The van der Waals surface area contributed by atoms with Crippen LogP contribution in [0.25, 0.3) is 0 Å². The SMILES string of the molecule is NCc1ccc(N2CCC(C(N)=O)C2)c(F)c1Br. The lowest BCUT2D eigenvalue weighted by Crippen LogP contribution is -2.27. The summed E-state index contributed by atoms with van der Waals surface area (Å²) < 4.78 is 14.6. The van der Waals surface area contributed by atoms with Crippen molar-refractivity contribution in [2.24, 2.45) is 17.4 Å². The number of nitrogens with zero attached hydrogens (tertiary/aromatic N) is 1. The van der Waals surface area contributed by atoms with Crippen LogP contribution in [0.4, 0.5) is 10.1 Å². The third-order valence-corrected chi connectivity index (χ3v) is 4.15. The summed E-state index contributed by atoms with van der Waals surface area (Å²) >= 11 is 3.21. The number of carbonyl (C=O) groups excluding carboxylic acids is 1. The molecule has 1 aromatic rings. The molecule has 1 aliphatic heterocycles. The minimum absolute atomic E-state index is 0.197. The predicted octanol–water partition coefficient (Wildman–Crippen LogP) is 1.36. The molecular formula is C12H15BrFN3O. The van der Waals surface area contributed by atoms with Gasteiger partial charge >= 0.3 is 0 Å². The van der Waals surface area contributed by atoms with Crippen molar-refractivity contribution in [3.63, 3.8) is 0 Å². The lowest BCUT2D eigenvalue weighted by Gasteiger charge is -2.20. The Morgan fingerprint density at radius 2 is 2.28 bits per heavy atom. The molecule has 2 rings (SSSR count). The Morgan fingerprint density at radius 3 is 2.83 bits per heavy atom. The Bertz CT molecular complexity index is 481. The molecule has 0 aliphatic carbocycles. The number of nitrogens with two attached hydrogens (primary N) is 2. The number of carbonyl (C=O) groups is 1. The fourth-order valence-corrected chi connectivity index (χ4v) is 2.69. The van der Waals surface area contributed by atoms with Crippen LogP contribution in [-0.4, -0.2) is 19.0 Å². The number of benzene rings is 1. The summed E-state index contributed by atoms with van der Waals surface area (Å²) in [5.41, 5.74) is 12.0. The van der Waals surface area contributed by atoms with E-state index in [1.54, 1.807) is 12.1 Å². The van der Waals surface area contributed by atoms with E-state index in [-0.39, 0.29) is 24.2 Å². The van der Waals surface area contributed by atoms with E-state index in [0.29, 0.717) is 29.7 Å². The van der Waals surface area contributed by atoms with Crippen molar-refractivity contribution in [1.29, 1.82) is 0 Å². The third-order valence-electron chi connectivity index (χ3n) is 3.29. The average Bonchev–Trinajstić information content (AvgIpc) is 2.82. The fraction of sp³-hybridized carbons (Fsp3) is 0.417. The van der Waals surface area contributed by atoms with Crippen LogP contribution in [0.15, 0.2) is 16.6 Å². The van der Waals surface area contributed by atoms with Gasteiger partial charge in [0, 0.05) is 19.6 Å². The van der Waals surface area contributed by atoms with Gasteiger partial charge in [-0.15, -0.1) is 0 Å². The molecule has 1 atom stereocenters. The van der Waals surface area contributed by atoms with E-state index >= 15 is 0 Å². The summed E-state index contributed by atoms with van der Waals surface area (Å²) in [5.74, 6) is -0.851. The minimum atomic E-state index is -0.330. The molecule has 1 fully saturated rings. The number of primary amides is 1. The first-order chi connectivity index (χ1) is 8.54. The molecular weight excluding hydrogens is 301 g/mol. The predicted molar refractivity (Wildman–Crippen MR) is 71.5 cm³/mol. The van der Waals surface area contributed by atoms with Crippen molar-refractivity contribution in [1.82, 2.24) is 0 Å². The van der Waals surface area contributed by atoms with Gasteiger partial charge < -0.3 is 16.4 Å². The number of hydrogen-bond acceptors (Lipinski definition) is 3. The van der Waals surface area contributed by atoms with Crippen LogP contribution in [0.2, 0.25) is 0 Å². The maximum atomic E-state index is 14.2. The molecule has 6 heteroatoms. The molecule has 98 valence electrons. The molecule has 1 unspecified atom stereocenters. The van der Waals surface area contributed by atoms with Gasteiger partial charge in [0.15, 0.2) is 5.82 Å². The second kappa shape index (κ2) is 5.24. The number of hydrogen-bond donors (Lipinski definition) is 2. The van der Waals surface area contributed by atoms with Crippen LogP contribution in [0.3, 0.4) is 0 Å². The highest BCUT2D eigenvalue weighted by molar-refractivity contribution is 9.10. The van der Waals surface area contributed by atoms with E-state index < -0.39 is 0 Å². The summed E-state index contributed by atoms with van der Waals surface area (Å²) in [6.45, 7) is 1.39. The lowest BCUT2D eigenvalue weighted by atomic mass is 10.1. The van der Waals surface area contributed by atoms with E-state index in [1.807, 2.05) is 4.90 Å². The van der Waals surface area contributed by atoms with Crippen LogP contribution in [0, 0.1) is 11.7 Å². The van der Waals surface area contributed by atoms with Gasteiger partial charge in [-0.1, -0.05) is 6.07 Å². The molecule has 0 radical (unpaired) electrons. The summed E-state index contributed by atoms with van der Waals surface area (Å²) in [4.78, 5) is 12.9. The maximum absolute atomic E-state index is 14.2. The second-order valence-electron chi connectivity index (χ2n) is 4.41. The zero-order chi connectivity index (χ0) is 13.3. The van der Waals surface area contributed by atoms with Gasteiger partial charge in [-0.2, -0.15) is 0 Å².